The van der Waals surface area contributed by atoms with Crippen molar-refractivity contribution in [3.8, 4) is 6.07 Å². The smallest absolute Gasteiger partial charge is 0.331 e. The Labute approximate surface area is 171 Å². The largest absolute Gasteiger partial charge is 0.368 e. The number of hydrogen-bond donors (Lipinski definition) is 0. The van der Waals surface area contributed by atoms with E-state index in [4.69, 9.17) is 5.26 Å². The zero-order chi connectivity index (χ0) is 21.8. The molecule has 0 bridgehead atoms. The standard InChI is InChI=1S/C19H20N6O5/c1-2-21-12-14(11-20)18(27)24(19(21)28)13-17(26)23-9-7-22(8-10-23)15-3-5-16(6-4-15)25(29)30/h3-6,12H,2,7-10,13H2,1H3. The SMILES string of the molecule is CCn1cc(C#N)c(=O)n(CC(=O)N2CCN(c3ccc([N+](=O)[O-])cc3)CC2)c1=O. The summed E-state index contributed by atoms with van der Waals surface area (Å²) in [5.74, 6) is -0.379. The van der Waals surface area contributed by atoms with Gasteiger partial charge in [-0.25, -0.2) is 9.36 Å². The summed E-state index contributed by atoms with van der Waals surface area (Å²) in [4.78, 5) is 51.3. The lowest BCUT2D eigenvalue weighted by Crippen LogP contribution is -2.51. The summed E-state index contributed by atoms with van der Waals surface area (Å²) in [5.41, 5.74) is -0.761. The molecule has 1 saturated heterocycles. The molecule has 156 valence electrons. The van der Waals surface area contributed by atoms with Crippen LogP contribution in [0.4, 0.5) is 11.4 Å². The normalized spacial score (nSPS) is 13.7. The highest BCUT2D eigenvalue weighted by atomic mass is 16.6. The van der Waals surface area contributed by atoms with E-state index in [1.54, 1.807) is 30.0 Å². The molecular weight excluding hydrogens is 392 g/mol. The van der Waals surface area contributed by atoms with E-state index in [9.17, 15) is 24.5 Å². The second kappa shape index (κ2) is 8.60. The minimum absolute atomic E-state index is 0.00957. The van der Waals surface area contributed by atoms with Gasteiger partial charge in [-0.15, -0.1) is 0 Å². The van der Waals surface area contributed by atoms with Gasteiger partial charge in [-0.2, -0.15) is 5.26 Å². The minimum Gasteiger partial charge on any atom is -0.368 e. The Kier molecular flexibility index (Phi) is 5.96. The highest BCUT2D eigenvalue weighted by Gasteiger charge is 2.23. The summed E-state index contributed by atoms with van der Waals surface area (Å²) in [6, 6.07) is 7.94. The molecule has 2 aromatic rings. The maximum atomic E-state index is 12.7. The van der Waals surface area contributed by atoms with Gasteiger partial charge in [-0.05, 0) is 19.1 Å². The van der Waals surface area contributed by atoms with Crippen molar-refractivity contribution in [3.05, 3.63) is 67.0 Å². The summed E-state index contributed by atoms with van der Waals surface area (Å²) >= 11 is 0. The molecule has 0 radical (unpaired) electrons. The number of hydrogen-bond acceptors (Lipinski definition) is 7. The fraction of sp³-hybridized carbons (Fsp3) is 0.368. The monoisotopic (exact) mass is 412 g/mol. The number of non-ortho nitro benzene ring substituents is 1. The second-order valence-electron chi connectivity index (χ2n) is 6.76. The van der Waals surface area contributed by atoms with E-state index in [0.717, 1.165) is 10.3 Å². The Hall–Kier alpha value is -3.94. The van der Waals surface area contributed by atoms with Gasteiger partial charge in [0.2, 0.25) is 5.91 Å². The Morgan fingerprint density at radius 1 is 1.17 bits per heavy atom. The van der Waals surface area contributed by atoms with E-state index < -0.39 is 22.7 Å². The van der Waals surface area contributed by atoms with Crippen LogP contribution < -0.4 is 16.1 Å². The zero-order valence-electron chi connectivity index (χ0n) is 16.4. The molecule has 1 amide bonds. The van der Waals surface area contributed by atoms with Crippen LogP contribution in [-0.4, -0.2) is 51.0 Å². The summed E-state index contributed by atoms with van der Waals surface area (Å²) < 4.78 is 2.02. The van der Waals surface area contributed by atoms with Crippen molar-refractivity contribution >= 4 is 17.3 Å². The number of nitro groups is 1. The fourth-order valence-corrected chi connectivity index (χ4v) is 3.33. The van der Waals surface area contributed by atoms with Crippen LogP contribution in [0, 0.1) is 21.4 Å². The number of nitriles is 1. The molecule has 0 atom stereocenters. The van der Waals surface area contributed by atoms with Crippen LogP contribution in [0.1, 0.15) is 12.5 Å². The lowest BCUT2D eigenvalue weighted by Gasteiger charge is -2.36. The molecular formula is C19H20N6O5. The molecule has 1 aliphatic heterocycles. The van der Waals surface area contributed by atoms with Crippen molar-refractivity contribution in [1.29, 1.82) is 5.26 Å². The predicted octanol–water partition coefficient (Wildman–Crippen LogP) is 0.159. The van der Waals surface area contributed by atoms with E-state index >= 15 is 0 Å². The third-order valence-electron chi connectivity index (χ3n) is 5.05. The third kappa shape index (κ3) is 4.07. The highest BCUT2D eigenvalue weighted by Crippen LogP contribution is 2.20. The predicted molar refractivity (Wildman–Crippen MR) is 107 cm³/mol. The van der Waals surface area contributed by atoms with Gasteiger partial charge < -0.3 is 9.80 Å². The number of amides is 1. The first-order valence-electron chi connectivity index (χ1n) is 9.37. The second-order valence-corrected chi connectivity index (χ2v) is 6.76. The Morgan fingerprint density at radius 3 is 2.33 bits per heavy atom. The average Bonchev–Trinajstić information content (AvgIpc) is 2.77. The third-order valence-corrected chi connectivity index (χ3v) is 5.05. The van der Waals surface area contributed by atoms with Crippen LogP contribution in [0.25, 0.3) is 0 Å². The Balaban J connectivity index is 1.69. The number of benzene rings is 1. The van der Waals surface area contributed by atoms with E-state index in [1.807, 2.05) is 4.90 Å². The molecule has 11 nitrogen and oxygen atoms in total. The van der Waals surface area contributed by atoms with Crippen molar-refractivity contribution in [3.63, 3.8) is 0 Å². The number of nitro benzene ring substituents is 1. The summed E-state index contributed by atoms with van der Waals surface area (Å²) in [7, 11) is 0. The summed E-state index contributed by atoms with van der Waals surface area (Å²) in [6.07, 6.45) is 1.20. The molecule has 30 heavy (non-hydrogen) atoms. The molecule has 1 aromatic heterocycles. The summed E-state index contributed by atoms with van der Waals surface area (Å²) in [5, 5.41) is 19.9. The van der Waals surface area contributed by atoms with Crippen molar-refractivity contribution < 1.29 is 9.72 Å². The number of carbonyl (C=O) groups excluding carboxylic acids is 1. The fourth-order valence-electron chi connectivity index (χ4n) is 3.33. The number of rotatable bonds is 5. The van der Waals surface area contributed by atoms with E-state index in [1.165, 1.54) is 22.9 Å². The highest BCUT2D eigenvalue weighted by molar-refractivity contribution is 5.76. The number of piperazine rings is 1. The molecule has 0 N–H and O–H groups in total. The molecule has 0 unspecified atom stereocenters. The van der Waals surface area contributed by atoms with Crippen molar-refractivity contribution in [2.75, 3.05) is 31.1 Å². The summed E-state index contributed by atoms with van der Waals surface area (Å²) in [6.45, 7) is 3.33. The Bertz CT molecular complexity index is 1120. The molecule has 3 rings (SSSR count). The van der Waals surface area contributed by atoms with Gasteiger partial charge in [-0.3, -0.25) is 24.3 Å². The number of aryl methyl sites for hydroxylation is 1. The number of carbonyl (C=O) groups is 1. The zero-order valence-corrected chi connectivity index (χ0v) is 16.4. The van der Waals surface area contributed by atoms with Crippen molar-refractivity contribution in [2.45, 2.75) is 20.0 Å². The van der Waals surface area contributed by atoms with Crippen LogP contribution in [0.3, 0.4) is 0 Å². The lowest BCUT2D eigenvalue weighted by molar-refractivity contribution is -0.384. The first-order valence-corrected chi connectivity index (χ1v) is 9.37. The molecule has 0 aliphatic carbocycles. The van der Waals surface area contributed by atoms with Crippen LogP contribution >= 0.6 is 0 Å². The van der Waals surface area contributed by atoms with Crippen LogP contribution in [0.2, 0.25) is 0 Å². The maximum Gasteiger partial charge on any atom is 0.331 e. The molecule has 0 spiro atoms. The van der Waals surface area contributed by atoms with E-state index in [-0.39, 0.29) is 23.7 Å². The average molecular weight is 412 g/mol. The molecule has 0 saturated carbocycles. The van der Waals surface area contributed by atoms with Gasteiger partial charge in [-0.1, -0.05) is 0 Å². The quantitative estimate of drug-likeness (QED) is 0.504. The molecule has 1 fully saturated rings. The van der Waals surface area contributed by atoms with Gasteiger partial charge in [0.05, 0.1) is 4.92 Å². The van der Waals surface area contributed by atoms with E-state index in [0.29, 0.717) is 26.2 Å². The van der Waals surface area contributed by atoms with Crippen molar-refractivity contribution in [1.82, 2.24) is 14.0 Å². The van der Waals surface area contributed by atoms with Gasteiger partial charge in [0.15, 0.2) is 0 Å². The van der Waals surface area contributed by atoms with Crippen molar-refractivity contribution in [2.24, 2.45) is 0 Å². The number of aromatic nitrogens is 2. The van der Waals surface area contributed by atoms with Gasteiger partial charge in [0, 0.05) is 56.7 Å². The van der Waals surface area contributed by atoms with Crippen LogP contribution in [0.15, 0.2) is 40.1 Å². The topological polar surface area (TPSA) is 134 Å². The number of nitrogens with zero attached hydrogens (tertiary/aromatic N) is 6. The molecule has 1 aromatic carbocycles. The number of anilines is 1. The van der Waals surface area contributed by atoms with Crippen LogP contribution in [-0.2, 0) is 17.9 Å². The molecule has 1 aliphatic rings. The molecule has 2 heterocycles. The minimum atomic E-state index is -0.773. The Morgan fingerprint density at radius 2 is 1.80 bits per heavy atom. The van der Waals surface area contributed by atoms with Gasteiger partial charge in [0.25, 0.3) is 11.2 Å². The first-order chi connectivity index (χ1) is 14.3. The maximum absolute atomic E-state index is 12.7. The van der Waals surface area contributed by atoms with Crippen LogP contribution in [0.5, 0.6) is 0 Å². The van der Waals surface area contributed by atoms with Gasteiger partial charge in [0.1, 0.15) is 18.2 Å². The lowest BCUT2D eigenvalue weighted by atomic mass is 10.2. The molecule has 11 heteroatoms. The first kappa shape index (κ1) is 20.8. The van der Waals surface area contributed by atoms with E-state index in [2.05, 4.69) is 0 Å². The van der Waals surface area contributed by atoms with Gasteiger partial charge >= 0.3 is 5.69 Å².